The Morgan fingerprint density at radius 3 is 2.50 bits per heavy atom. The van der Waals surface area contributed by atoms with Gasteiger partial charge in [0.25, 0.3) is 0 Å². The lowest BCUT2D eigenvalue weighted by molar-refractivity contribution is -0.128. The van der Waals surface area contributed by atoms with Crippen molar-refractivity contribution in [1.82, 2.24) is 5.48 Å². The van der Waals surface area contributed by atoms with Crippen LogP contribution in [0.2, 0.25) is 0 Å². The van der Waals surface area contributed by atoms with Gasteiger partial charge < -0.3 is 0 Å². The molecule has 2 N–H and O–H groups in total. The highest BCUT2D eigenvalue weighted by atomic mass is 31.1. The number of hydroxylamine groups is 1. The number of amides is 1. The largest absolute Gasteiger partial charge is 0.289 e. The zero-order valence-electron chi connectivity index (χ0n) is 4.93. The van der Waals surface area contributed by atoms with E-state index < -0.39 is 0 Å². The average molecular weight is 135 g/mol. The fraction of sp³-hybridized carbons (Fsp3) is 0.750. The highest BCUT2D eigenvalue weighted by Gasteiger charge is 2.06. The molecule has 0 aromatic rings. The lowest BCUT2D eigenvalue weighted by Crippen LogP contribution is -2.26. The first-order chi connectivity index (χ1) is 3.72. The molecule has 0 aliphatic carbocycles. The monoisotopic (exact) mass is 135 g/mol. The Labute approximate surface area is 50.2 Å². The molecule has 0 rings (SSSR count). The summed E-state index contributed by atoms with van der Waals surface area (Å²) in [4.78, 5) is 10.4. The maximum Gasteiger partial charge on any atom is 0.250 e. The summed E-state index contributed by atoms with van der Waals surface area (Å²) in [7, 11) is 0.547. The van der Waals surface area contributed by atoms with Crippen LogP contribution in [0.15, 0.2) is 0 Å². The maximum atomic E-state index is 10.4. The van der Waals surface area contributed by atoms with E-state index >= 15 is 0 Å². The van der Waals surface area contributed by atoms with E-state index in [1.807, 2.05) is 6.66 Å². The van der Waals surface area contributed by atoms with Crippen molar-refractivity contribution in [3.63, 3.8) is 0 Å². The van der Waals surface area contributed by atoms with Crippen LogP contribution in [0.3, 0.4) is 0 Å². The Balaban J connectivity index is 3.46. The first kappa shape index (κ1) is 7.86. The average Bonchev–Trinajstić information content (AvgIpc) is 1.84. The third-order valence-electron chi connectivity index (χ3n) is 0.936. The topological polar surface area (TPSA) is 49.3 Å². The number of hydrogen-bond donors (Lipinski definition) is 2. The molecule has 2 atom stereocenters. The summed E-state index contributed by atoms with van der Waals surface area (Å²) >= 11 is 0. The molecule has 0 fully saturated rings. The lowest BCUT2D eigenvalue weighted by Gasteiger charge is -2.02. The molecule has 0 saturated carbocycles. The molecule has 8 heavy (non-hydrogen) atoms. The Kier molecular flexibility index (Phi) is 3.75. The molecule has 0 radical (unpaired) electrons. The summed E-state index contributed by atoms with van der Waals surface area (Å²) in [5, 5.41) is 8.04. The predicted octanol–water partition coefficient (Wildman–Crippen LogP) is 0.189. The normalized spacial score (nSPS) is 14.4. The molecule has 4 heteroatoms. The van der Waals surface area contributed by atoms with Crippen LogP contribution >= 0.6 is 8.58 Å². The van der Waals surface area contributed by atoms with Gasteiger partial charge in [0, 0.05) is 0 Å². The molecule has 3 nitrogen and oxygen atoms in total. The molecule has 1 amide bonds. The molecule has 0 aromatic heterocycles. The van der Waals surface area contributed by atoms with Gasteiger partial charge in [-0.3, -0.25) is 10.0 Å². The minimum absolute atomic E-state index is 0.0556. The zero-order chi connectivity index (χ0) is 6.57. The Morgan fingerprint density at radius 1 is 1.88 bits per heavy atom. The van der Waals surface area contributed by atoms with Crippen LogP contribution in [0.1, 0.15) is 6.92 Å². The molecule has 48 valence electrons. The second kappa shape index (κ2) is 3.81. The van der Waals surface area contributed by atoms with E-state index in [0.29, 0.717) is 8.58 Å². The van der Waals surface area contributed by atoms with Gasteiger partial charge in [-0.1, -0.05) is 0 Å². The van der Waals surface area contributed by atoms with Crippen LogP contribution in [0.4, 0.5) is 0 Å². The fourth-order valence-electron chi connectivity index (χ4n) is 0.228. The molecule has 0 spiro atoms. The minimum Gasteiger partial charge on any atom is -0.289 e. The number of carbonyl (C=O) groups is 1. The first-order valence-electron chi connectivity index (χ1n) is 2.33. The lowest BCUT2D eigenvalue weighted by atomic mass is 10.5. The summed E-state index contributed by atoms with van der Waals surface area (Å²) < 4.78 is 0. The molecule has 0 saturated heterocycles. The van der Waals surface area contributed by atoms with Crippen molar-refractivity contribution in [1.29, 1.82) is 0 Å². The molecule has 0 aliphatic rings. The van der Waals surface area contributed by atoms with Gasteiger partial charge in [0.15, 0.2) is 0 Å². The molecule has 0 heterocycles. The Hall–Kier alpha value is -0.140. The third-order valence-corrected chi connectivity index (χ3v) is 2.06. The molecular weight excluding hydrogens is 125 g/mol. The van der Waals surface area contributed by atoms with Gasteiger partial charge in [-0.25, -0.2) is 5.48 Å². The maximum absolute atomic E-state index is 10.4. The first-order valence-corrected chi connectivity index (χ1v) is 3.91. The van der Waals surface area contributed by atoms with Crippen molar-refractivity contribution in [2.45, 2.75) is 12.6 Å². The molecule has 0 bridgehead atoms. The van der Waals surface area contributed by atoms with Crippen LogP contribution < -0.4 is 5.48 Å². The number of carbonyl (C=O) groups excluding carboxylic acids is 1. The predicted molar refractivity (Wildman–Crippen MR) is 33.6 cm³/mol. The minimum atomic E-state index is -0.300. The smallest absolute Gasteiger partial charge is 0.250 e. The van der Waals surface area contributed by atoms with Gasteiger partial charge in [-0.05, 0) is 13.6 Å². The summed E-state index contributed by atoms with van der Waals surface area (Å²) in [5.74, 6) is -0.300. The SMILES string of the molecule is CPC(C)C(=O)NO. The van der Waals surface area contributed by atoms with Gasteiger partial charge >= 0.3 is 0 Å². The number of rotatable bonds is 2. The summed E-state index contributed by atoms with van der Waals surface area (Å²) in [5.41, 5.74) is 1.53. The van der Waals surface area contributed by atoms with Crippen molar-refractivity contribution < 1.29 is 10.0 Å². The molecule has 2 unspecified atom stereocenters. The van der Waals surface area contributed by atoms with Crippen LogP contribution in [0.5, 0.6) is 0 Å². The van der Waals surface area contributed by atoms with E-state index in [2.05, 4.69) is 0 Å². The second-order valence-electron chi connectivity index (χ2n) is 1.49. The summed E-state index contributed by atoms with van der Waals surface area (Å²) in [6.07, 6.45) is 0. The van der Waals surface area contributed by atoms with Crippen molar-refractivity contribution in [2.75, 3.05) is 6.66 Å². The summed E-state index contributed by atoms with van der Waals surface area (Å²) in [6, 6.07) is 0. The molecule has 0 aliphatic heterocycles. The quantitative estimate of drug-likeness (QED) is 0.322. The van der Waals surface area contributed by atoms with Crippen LogP contribution in [0, 0.1) is 0 Å². The standard InChI is InChI=1S/C4H10NO2P/c1-3(8-2)4(6)5-7/h3,7-8H,1-2H3,(H,5,6). The van der Waals surface area contributed by atoms with Crippen LogP contribution in [-0.4, -0.2) is 23.4 Å². The van der Waals surface area contributed by atoms with E-state index in [9.17, 15) is 4.79 Å². The van der Waals surface area contributed by atoms with Gasteiger partial charge in [0.1, 0.15) is 0 Å². The van der Waals surface area contributed by atoms with E-state index in [4.69, 9.17) is 5.21 Å². The second-order valence-corrected chi connectivity index (χ2v) is 2.93. The van der Waals surface area contributed by atoms with Crippen molar-refractivity contribution >= 4 is 14.5 Å². The third kappa shape index (κ3) is 2.24. The van der Waals surface area contributed by atoms with E-state index in [1.165, 1.54) is 0 Å². The van der Waals surface area contributed by atoms with Crippen molar-refractivity contribution in [3.8, 4) is 0 Å². The summed E-state index contributed by atoms with van der Waals surface area (Å²) in [6.45, 7) is 3.68. The van der Waals surface area contributed by atoms with Crippen molar-refractivity contribution in [2.24, 2.45) is 0 Å². The highest BCUT2D eigenvalue weighted by Crippen LogP contribution is 2.11. The highest BCUT2D eigenvalue weighted by molar-refractivity contribution is 7.39. The van der Waals surface area contributed by atoms with E-state index in [-0.39, 0.29) is 11.6 Å². The zero-order valence-corrected chi connectivity index (χ0v) is 5.93. The fourth-order valence-corrected chi connectivity index (χ4v) is 0.555. The van der Waals surface area contributed by atoms with Gasteiger partial charge in [-0.2, -0.15) is 0 Å². The van der Waals surface area contributed by atoms with Gasteiger partial charge in [0.05, 0.1) is 5.66 Å². The number of hydrogen-bond acceptors (Lipinski definition) is 2. The molecule has 0 aromatic carbocycles. The van der Waals surface area contributed by atoms with Gasteiger partial charge in [-0.15, -0.1) is 8.58 Å². The number of nitrogens with one attached hydrogen (secondary N) is 1. The Bertz CT molecular complexity index is 86.1. The van der Waals surface area contributed by atoms with Gasteiger partial charge in [0.2, 0.25) is 5.91 Å². The van der Waals surface area contributed by atoms with Crippen molar-refractivity contribution in [3.05, 3.63) is 0 Å². The van der Waals surface area contributed by atoms with E-state index in [0.717, 1.165) is 0 Å². The van der Waals surface area contributed by atoms with Crippen LogP contribution in [0.25, 0.3) is 0 Å². The van der Waals surface area contributed by atoms with E-state index in [1.54, 1.807) is 12.4 Å². The Morgan fingerprint density at radius 2 is 2.38 bits per heavy atom. The molecular formula is C4H10NO2P. The van der Waals surface area contributed by atoms with Crippen LogP contribution in [-0.2, 0) is 4.79 Å².